The Hall–Kier alpha value is -1.58. The summed E-state index contributed by atoms with van der Waals surface area (Å²) in [6, 6.07) is 2.16. The predicted molar refractivity (Wildman–Crippen MR) is 73.4 cm³/mol. The highest BCUT2D eigenvalue weighted by atomic mass is 79.9. The van der Waals surface area contributed by atoms with Gasteiger partial charge in [0.25, 0.3) is 10.0 Å². The van der Waals surface area contributed by atoms with Crippen LogP contribution in [0.4, 0.5) is 5.69 Å². The van der Waals surface area contributed by atoms with Crippen LogP contribution in [0.3, 0.4) is 0 Å². The van der Waals surface area contributed by atoms with Gasteiger partial charge in [0.2, 0.25) is 0 Å². The molecule has 0 fully saturated rings. The Labute approximate surface area is 126 Å². The number of nitrogens with zero attached hydrogens (tertiary/aromatic N) is 1. The number of nitrogens with one attached hydrogen (secondary N) is 1. The summed E-state index contributed by atoms with van der Waals surface area (Å²) >= 11 is 8.80. The van der Waals surface area contributed by atoms with Gasteiger partial charge < -0.3 is 9.63 Å². The highest BCUT2D eigenvalue weighted by molar-refractivity contribution is 9.10. The number of hydrogen-bond donors (Lipinski definition) is 2. The van der Waals surface area contributed by atoms with Crippen LogP contribution >= 0.6 is 27.5 Å². The summed E-state index contributed by atoms with van der Waals surface area (Å²) in [5.41, 5.74) is -0.209. The lowest BCUT2D eigenvalue weighted by Crippen LogP contribution is -2.13. The van der Waals surface area contributed by atoms with E-state index in [0.29, 0.717) is 0 Å². The molecule has 0 unspecified atom stereocenters. The molecule has 0 spiro atoms. The van der Waals surface area contributed by atoms with E-state index in [2.05, 4.69) is 30.3 Å². The molecule has 7 nitrogen and oxygen atoms in total. The van der Waals surface area contributed by atoms with Gasteiger partial charge in [-0.2, -0.15) is 0 Å². The third-order valence-electron chi connectivity index (χ3n) is 2.23. The molecule has 2 rings (SSSR count). The third-order valence-corrected chi connectivity index (χ3v) is 4.85. The van der Waals surface area contributed by atoms with Crippen molar-refractivity contribution in [3.63, 3.8) is 0 Å². The first-order valence-corrected chi connectivity index (χ1v) is 7.61. The number of carbonyl (C=O) groups is 1. The maximum Gasteiger partial charge on any atom is 0.337 e. The Morgan fingerprint density at radius 3 is 2.70 bits per heavy atom. The quantitative estimate of drug-likeness (QED) is 0.842. The summed E-state index contributed by atoms with van der Waals surface area (Å²) in [6.07, 6.45) is 2.27. The number of sulfonamides is 1. The van der Waals surface area contributed by atoms with Gasteiger partial charge in [0.05, 0.1) is 21.7 Å². The molecule has 1 aromatic heterocycles. The van der Waals surface area contributed by atoms with Crippen LogP contribution in [0.1, 0.15) is 10.4 Å². The highest BCUT2D eigenvalue weighted by Gasteiger charge is 2.21. The molecular weight excluding hydrogens is 376 g/mol. The lowest BCUT2D eigenvalue weighted by Gasteiger charge is -2.08. The Kier molecular flexibility index (Phi) is 4.02. The van der Waals surface area contributed by atoms with Gasteiger partial charge in [-0.15, -0.1) is 0 Å². The first kappa shape index (κ1) is 14.8. The van der Waals surface area contributed by atoms with Crippen molar-refractivity contribution in [3.05, 3.63) is 39.7 Å². The molecule has 106 valence electrons. The molecule has 0 atom stereocenters. The third kappa shape index (κ3) is 2.94. The number of rotatable bonds is 4. The fourth-order valence-electron chi connectivity index (χ4n) is 1.34. The molecule has 0 bridgehead atoms. The van der Waals surface area contributed by atoms with E-state index in [1.807, 2.05) is 0 Å². The smallest absolute Gasteiger partial charge is 0.337 e. The van der Waals surface area contributed by atoms with Gasteiger partial charge >= 0.3 is 5.97 Å². The lowest BCUT2D eigenvalue weighted by molar-refractivity contribution is 0.0696. The molecule has 0 amide bonds. The highest BCUT2D eigenvalue weighted by Crippen LogP contribution is 2.30. The average molecular weight is 382 g/mol. The second-order valence-electron chi connectivity index (χ2n) is 3.59. The van der Waals surface area contributed by atoms with Crippen molar-refractivity contribution in [1.82, 2.24) is 5.16 Å². The van der Waals surface area contributed by atoms with E-state index in [1.54, 1.807) is 0 Å². The average Bonchev–Trinajstić information content (AvgIpc) is 2.83. The van der Waals surface area contributed by atoms with Crippen LogP contribution in [0, 0.1) is 0 Å². The SMILES string of the molecule is O=C(O)c1cc(S(=O)(=O)Nc2cnoc2)cc(Br)c1Cl. The van der Waals surface area contributed by atoms with Gasteiger partial charge in [0.1, 0.15) is 12.0 Å². The number of anilines is 1. The molecule has 0 saturated carbocycles. The predicted octanol–water partition coefficient (Wildman–Crippen LogP) is 2.59. The minimum Gasteiger partial charge on any atom is -0.478 e. The molecule has 0 aliphatic heterocycles. The van der Waals surface area contributed by atoms with Crippen LogP contribution in [0.5, 0.6) is 0 Å². The van der Waals surface area contributed by atoms with Gasteiger partial charge in [0, 0.05) is 4.47 Å². The minimum absolute atomic E-state index is 0.0820. The van der Waals surface area contributed by atoms with Crippen LogP contribution in [0.2, 0.25) is 5.02 Å². The molecule has 0 radical (unpaired) electrons. The summed E-state index contributed by atoms with van der Waals surface area (Å²) in [5.74, 6) is -1.34. The monoisotopic (exact) mass is 380 g/mol. The van der Waals surface area contributed by atoms with E-state index in [0.717, 1.165) is 12.3 Å². The van der Waals surface area contributed by atoms with E-state index in [9.17, 15) is 13.2 Å². The summed E-state index contributed by atoms with van der Waals surface area (Å²) in [7, 11) is -3.98. The minimum atomic E-state index is -3.98. The van der Waals surface area contributed by atoms with Crippen LogP contribution in [-0.2, 0) is 10.0 Å². The largest absolute Gasteiger partial charge is 0.478 e. The van der Waals surface area contributed by atoms with E-state index in [-0.39, 0.29) is 25.6 Å². The maximum atomic E-state index is 12.1. The molecule has 1 heterocycles. The summed E-state index contributed by atoms with van der Waals surface area (Å²) in [6.45, 7) is 0. The molecule has 0 saturated heterocycles. The molecule has 2 N–H and O–H groups in total. The van der Waals surface area contributed by atoms with Crippen molar-refractivity contribution in [2.45, 2.75) is 4.90 Å². The van der Waals surface area contributed by atoms with Gasteiger partial charge in [-0.05, 0) is 28.1 Å². The maximum absolute atomic E-state index is 12.1. The molecule has 2 aromatic rings. The second-order valence-corrected chi connectivity index (χ2v) is 6.51. The van der Waals surface area contributed by atoms with Crippen molar-refractivity contribution in [2.75, 3.05) is 4.72 Å². The van der Waals surface area contributed by atoms with Gasteiger partial charge in [-0.25, -0.2) is 13.2 Å². The zero-order valence-electron chi connectivity index (χ0n) is 9.50. The lowest BCUT2D eigenvalue weighted by atomic mass is 10.2. The van der Waals surface area contributed by atoms with Crippen LogP contribution in [-0.4, -0.2) is 24.7 Å². The number of carboxylic acid groups (broad SMARTS) is 1. The zero-order valence-corrected chi connectivity index (χ0v) is 12.7. The number of benzene rings is 1. The molecule has 0 aliphatic carbocycles. The zero-order chi connectivity index (χ0) is 14.9. The number of carboxylic acids is 1. The van der Waals surface area contributed by atoms with Crippen LogP contribution in [0.15, 0.2) is 38.5 Å². The van der Waals surface area contributed by atoms with Gasteiger partial charge in [0.15, 0.2) is 0 Å². The number of hydrogen-bond acceptors (Lipinski definition) is 5. The summed E-state index contributed by atoms with van der Waals surface area (Å²) in [5, 5.41) is 12.3. The van der Waals surface area contributed by atoms with E-state index < -0.39 is 16.0 Å². The standard InChI is InChI=1S/C10H6BrClN2O5S/c11-8-2-6(1-7(9(8)12)10(15)16)20(17,18)14-5-3-13-19-4-5/h1-4,14H,(H,15,16). The molecule has 20 heavy (non-hydrogen) atoms. The fourth-order valence-corrected chi connectivity index (χ4v) is 3.22. The Morgan fingerprint density at radius 1 is 1.45 bits per heavy atom. The van der Waals surface area contributed by atoms with E-state index in [1.165, 1.54) is 12.3 Å². The van der Waals surface area contributed by atoms with Crippen molar-refractivity contribution in [1.29, 1.82) is 0 Å². The van der Waals surface area contributed by atoms with Gasteiger partial charge in [-0.3, -0.25) is 4.72 Å². The van der Waals surface area contributed by atoms with Crippen molar-refractivity contribution >= 4 is 49.2 Å². The van der Waals surface area contributed by atoms with E-state index in [4.69, 9.17) is 16.7 Å². The molecule has 10 heteroatoms. The number of halogens is 2. The first-order chi connectivity index (χ1) is 9.31. The van der Waals surface area contributed by atoms with Crippen molar-refractivity contribution < 1.29 is 22.8 Å². The summed E-state index contributed by atoms with van der Waals surface area (Å²) < 4.78 is 31.0. The fraction of sp³-hybridized carbons (Fsp3) is 0. The molecule has 1 aromatic carbocycles. The van der Waals surface area contributed by atoms with Crippen molar-refractivity contribution in [3.8, 4) is 0 Å². The second kappa shape index (κ2) is 5.43. The van der Waals surface area contributed by atoms with Crippen LogP contribution < -0.4 is 4.72 Å². The van der Waals surface area contributed by atoms with Crippen molar-refractivity contribution in [2.24, 2.45) is 0 Å². The summed E-state index contributed by atoms with van der Waals surface area (Å²) in [4.78, 5) is 10.8. The Morgan fingerprint density at radius 2 is 2.15 bits per heavy atom. The Balaban J connectivity index is 2.49. The number of aromatic carboxylic acids is 1. The molecular formula is C10H6BrClN2O5S. The van der Waals surface area contributed by atoms with Gasteiger partial charge in [-0.1, -0.05) is 16.8 Å². The Bertz CT molecular complexity index is 760. The first-order valence-electron chi connectivity index (χ1n) is 4.96. The normalized spacial score (nSPS) is 11.3. The van der Waals surface area contributed by atoms with E-state index >= 15 is 0 Å². The van der Waals surface area contributed by atoms with Crippen LogP contribution in [0.25, 0.3) is 0 Å². The number of aromatic nitrogens is 1. The topological polar surface area (TPSA) is 110 Å². The molecule has 0 aliphatic rings.